The van der Waals surface area contributed by atoms with Crippen LogP contribution < -0.4 is 11.1 Å². The van der Waals surface area contributed by atoms with Gasteiger partial charge in [-0.15, -0.1) is 11.3 Å². The van der Waals surface area contributed by atoms with Crippen molar-refractivity contribution in [2.75, 3.05) is 19.1 Å². The number of oxime groups is 1. The van der Waals surface area contributed by atoms with Gasteiger partial charge in [0.25, 0.3) is 5.91 Å². The average Bonchev–Trinajstić information content (AvgIpc) is 2.68. The minimum atomic E-state index is -4.33. The molecule has 0 saturated carbocycles. The van der Waals surface area contributed by atoms with Crippen LogP contribution in [0.2, 0.25) is 0 Å². The number of aromatic nitrogens is 1. The number of amides is 1. The number of nitrogens with one attached hydrogen (secondary N) is 1. The van der Waals surface area contributed by atoms with Crippen LogP contribution in [0.25, 0.3) is 0 Å². The number of nitrogen functional groups attached to an aromatic ring is 1. The Bertz CT molecular complexity index is 510. The summed E-state index contributed by atoms with van der Waals surface area (Å²) in [4.78, 5) is 37.2. The molecule has 1 amide bonds. The van der Waals surface area contributed by atoms with Gasteiger partial charge in [0, 0.05) is 5.38 Å². The molecule has 0 fully saturated rings. The van der Waals surface area contributed by atoms with Crippen LogP contribution in [0.3, 0.4) is 0 Å². The third kappa shape index (κ3) is 4.41. The Hall–Kier alpha value is -1.48. The second kappa shape index (κ2) is 5.91. The topological polar surface area (TPSA) is 147 Å². The van der Waals surface area contributed by atoms with Crippen LogP contribution in [0.4, 0.5) is 5.13 Å². The number of rotatable bonds is 5. The standard InChI is InChI=1S/C7H11N4O5PS/c1-16-11-5(4-2-18-7(8)10-4)6(12)9-3-17(13,14)15/h2H,3H2,1H3,(H2,8,10)(H,9,12)(H2,13,14,15)/b11-5+. The summed E-state index contributed by atoms with van der Waals surface area (Å²) in [5, 5.41) is 7.18. The fourth-order valence-corrected chi connectivity index (χ4v) is 1.85. The molecule has 0 aliphatic heterocycles. The maximum Gasteiger partial charge on any atom is 0.344 e. The molecule has 9 nitrogen and oxygen atoms in total. The average molecular weight is 294 g/mol. The van der Waals surface area contributed by atoms with Gasteiger partial charge in [-0.1, -0.05) is 5.16 Å². The van der Waals surface area contributed by atoms with Gasteiger partial charge < -0.3 is 25.7 Å². The number of carbonyl (C=O) groups excluding carboxylic acids is 1. The zero-order chi connectivity index (χ0) is 13.8. The fourth-order valence-electron chi connectivity index (χ4n) is 0.951. The highest BCUT2D eigenvalue weighted by Crippen LogP contribution is 2.31. The van der Waals surface area contributed by atoms with E-state index in [1.807, 2.05) is 5.32 Å². The van der Waals surface area contributed by atoms with Crippen molar-refractivity contribution in [3.8, 4) is 0 Å². The minimum absolute atomic E-state index is 0.169. The second-order valence-electron chi connectivity index (χ2n) is 3.02. The van der Waals surface area contributed by atoms with Gasteiger partial charge in [-0.25, -0.2) is 4.98 Å². The largest absolute Gasteiger partial charge is 0.398 e. The molecule has 0 saturated heterocycles. The first-order chi connectivity index (χ1) is 8.33. The van der Waals surface area contributed by atoms with Crippen molar-refractivity contribution in [2.24, 2.45) is 5.16 Å². The zero-order valence-corrected chi connectivity index (χ0v) is 10.9. The molecule has 0 spiro atoms. The lowest BCUT2D eigenvalue weighted by Crippen LogP contribution is -2.32. The van der Waals surface area contributed by atoms with Crippen LogP contribution >= 0.6 is 18.9 Å². The summed E-state index contributed by atoms with van der Waals surface area (Å²) in [5.41, 5.74) is 5.37. The van der Waals surface area contributed by atoms with E-state index in [9.17, 15) is 9.36 Å². The number of anilines is 1. The molecule has 1 aromatic rings. The molecule has 0 atom stereocenters. The van der Waals surface area contributed by atoms with E-state index in [1.54, 1.807) is 0 Å². The summed E-state index contributed by atoms with van der Waals surface area (Å²) < 4.78 is 10.6. The van der Waals surface area contributed by atoms with E-state index in [1.165, 1.54) is 12.5 Å². The van der Waals surface area contributed by atoms with Gasteiger partial charge in [0.1, 0.15) is 19.1 Å². The zero-order valence-electron chi connectivity index (χ0n) is 9.23. The van der Waals surface area contributed by atoms with Gasteiger partial charge in [0.2, 0.25) is 0 Å². The molecule has 1 heterocycles. The predicted molar refractivity (Wildman–Crippen MR) is 65.1 cm³/mol. The second-order valence-corrected chi connectivity index (χ2v) is 5.56. The maximum absolute atomic E-state index is 11.6. The highest BCUT2D eigenvalue weighted by Gasteiger charge is 2.21. The highest BCUT2D eigenvalue weighted by atomic mass is 32.1. The van der Waals surface area contributed by atoms with Crippen molar-refractivity contribution >= 4 is 35.7 Å². The van der Waals surface area contributed by atoms with Crippen molar-refractivity contribution in [2.45, 2.75) is 0 Å². The first-order valence-corrected chi connectivity index (χ1v) is 7.16. The number of thiazole rings is 1. The lowest BCUT2D eigenvalue weighted by Gasteiger charge is -2.06. The predicted octanol–water partition coefficient (Wildman–Crippen LogP) is -0.673. The van der Waals surface area contributed by atoms with E-state index in [2.05, 4.69) is 15.0 Å². The van der Waals surface area contributed by atoms with Crippen molar-refractivity contribution in [3.63, 3.8) is 0 Å². The van der Waals surface area contributed by atoms with Gasteiger partial charge >= 0.3 is 7.60 Å². The molecule has 0 bridgehead atoms. The van der Waals surface area contributed by atoms with Crippen LogP contribution in [0.5, 0.6) is 0 Å². The molecule has 1 rings (SSSR count). The van der Waals surface area contributed by atoms with Gasteiger partial charge in [0.05, 0.1) is 0 Å². The SMILES string of the molecule is CO/N=C(/C(=O)NCP(=O)(O)O)c1csc(N)n1. The van der Waals surface area contributed by atoms with Crippen molar-refractivity contribution in [1.29, 1.82) is 0 Å². The molecule has 0 aliphatic rings. The van der Waals surface area contributed by atoms with E-state index < -0.39 is 19.8 Å². The highest BCUT2D eigenvalue weighted by molar-refractivity contribution is 7.51. The molecule has 11 heteroatoms. The lowest BCUT2D eigenvalue weighted by atomic mass is 10.3. The summed E-state index contributed by atoms with van der Waals surface area (Å²) in [6.45, 7) is 0. The molecule has 0 aliphatic carbocycles. The van der Waals surface area contributed by atoms with Gasteiger partial charge in [-0.05, 0) is 0 Å². The molecule has 0 unspecified atom stereocenters. The summed E-state index contributed by atoms with van der Waals surface area (Å²) in [6.07, 6.45) is -0.797. The number of hydrogen-bond acceptors (Lipinski definition) is 7. The third-order valence-corrected chi connectivity index (χ3v) is 2.85. The molecule has 18 heavy (non-hydrogen) atoms. The molecular weight excluding hydrogens is 283 g/mol. The van der Waals surface area contributed by atoms with Gasteiger partial charge in [-0.2, -0.15) is 0 Å². The maximum atomic E-state index is 11.6. The number of nitrogens with zero attached hydrogens (tertiary/aromatic N) is 2. The van der Waals surface area contributed by atoms with Crippen LogP contribution in [-0.2, 0) is 14.2 Å². The Morgan fingerprint density at radius 3 is 2.83 bits per heavy atom. The van der Waals surface area contributed by atoms with Gasteiger partial charge in [0.15, 0.2) is 10.8 Å². The van der Waals surface area contributed by atoms with Crippen molar-refractivity contribution < 1.29 is 24.0 Å². The van der Waals surface area contributed by atoms with E-state index in [0.717, 1.165) is 11.3 Å². The number of nitrogens with two attached hydrogens (primary N) is 1. The molecule has 0 radical (unpaired) electrons. The third-order valence-electron chi connectivity index (χ3n) is 1.61. The Balaban J connectivity index is 2.84. The molecular formula is C7H11N4O5PS. The van der Waals surface area contributed by atoms with E-state index in [-0.39, 0.29) is 16.5 Å². The van der Waals surface area contributed by atoms with E-state index in [0.29, 0.717) is 0 Å². The Kier molecular flexibility index (Phi) is 4.79. The number of carbonyl (C=O) groups is 1. The summed E-state index contributed by atoms with van der Waals surface area (Å²) >= 11 is 1.10. The molecule has 0 aromatic carbocycles. The van der Waals surface area contributed by atoms with Crippen LogP contribution in [0.1, 0.15) is 5.69 Å². The van der Waals surface area contributed by atoms with E-state index in [4.69, 9.17) is 15.5 Å². The Morgan fingerprint density at radius 1 is 1.72 bits per heavy atom. The van der Waals surface area contributed by atoms with Crippen LogP contribution in [-0.4, -0.2) is 39.8 Å². The van der Waals surface area contributed by atoms with Gasteiger partial charge in [-0.3, -0.25) is 9.36 Å². The molecule has 100 valence electrons. The first kappa shape index (κ1) is 14.6. The minimum Gasteiger partial charge on any atom is -0.398 e. The van der Waals surface area contributed by atoms with Crippen molar-refractivity contribution in [1.82, 2.24) is 10.3 Å². The van der Waals surface area contributed by atoms with E-state index >= 15 is 0 Å². The smallest absolute Gasteiger partial charge is 0.344 e. The summed E-state index contributed by atoms with van der Waals surface area (Å²) in [5.74, 6) is -0.814. The fraction of sp³-hybridized carbons (Fsp3) is 0.286. The first-order valence-electron chi connectivity index (χ1n) is 4.49. The summed E-state index contributed by atoms with van der Waals surface area (Å²) in [6, 6.07) is 0. The van der Waals surface area contributed by atoms with Crippen LogP contribution in [0.15, 0.2) is 10.5 Å². The molecule has 5 N–H and O–H groups in total. The molecule has 1 aromatic heterocycles. The lowest BCUT2D eigenvalue weighted by molar-refractivity contribution is -0.114. The van der Waals surface area contributed by atoms with Crippen LogP contribution in [0, 0.1) is 0 Å². The normalized spacial score (nSPS) is 12.3. The quantitative estimate of drug-likeness (QED) is 0.320. The Labute approximate surface area is 106 Å². The Morgan fingerprint density at radius 2 is 2.39 bits per heavy atom. The summed E-state index contributed by atoms with van der Waals surface area (Å²) in [7, 11) is -3.11. The van der Waals surface area contributed by atoms with Crippen molar-refractivity contribution in [3.05, 3.63) is 11.1 Å². The number of hydrogen-bond donors (Lipinski definition) is 4. The monoisotopic (exact) mass is 294 g/mol.